The van der Waals surface area contributed by atoms with Gasteiger partial charge in [-0.25, -0.2) is 0 Å². The Balaban J connectivity index is 2.47. The Kier molecular flexibility index (Phi) is 4.45. The highest BCUT2D eigenvalue weighted by molar-refractivity contribution is 6.31. The van der Waals surface area contributed by atoms with Gasteiger partial charge in [-0.1, -0.05) is 47.5 Å². The van der Waals surface area contributed by atoms with Crippen molar-refractivity contribution in [2.45, 2.75) is 0 Å². The van der Waals surface area contributed by atoms with E-state index >= 15 is 0 Å². The van der Waals surface area contributed by atoms with Crippen molar-refractivity contribution in [3.63, 3.8) is 0 Å². The molecule has 0 aromatic heterocycles. The first kappa shape index (κ1) is 13.9. The van der Waals surface area contributed by atoms with E-state index < -0.39 is 0 Å². The first-order valence-corrected chi connectivity index (χ1v) is 6.21. The van der Waals surface area contributed by atoms with E-state index in [9.17, 15) is 5.21 Å². The van der Waals surface area contributed by atoms with Gasteiger partial charge in [-0.2, -0.15) is 0 Å². The molecule has 0 amide bonds. The zero-order valence-corrected chi connectivity index (χ0v) is 11.3. The van der Waals surface area contributed by atoms with Gasteiger partial charge in [0.15, 0.2) is 0 Å². The molecule has 0 fully saturated rings. The summed E-state index contributed by atoms with van der Waals surface area (Å²) in [6.07, 6.45) is 1.09. The van der Waals surface area contributed by atoms with Crippen LogP contribution in [0.25, 0.3) is 5.57 Å². The Labute approximate surface area is 120 Å². The molecule has 98 valence electrons. The fraction of sp³-hybridized carbons (Fsp3) is 0. The van der Waals surface area contributed by atoms with Gasteiger partial charge in [-0.15, -0.1) is 0 Å². The summed E-state index contributed by atoms with van der Waals surface area (Å²) < 4.78 is 0. The number of hydroxylamine groups is 2. The number of nitrogens with zero attached hydrogens (tertiary/aromatic N) is 1. The topological polar surface area (TPSA) is 46.5 Å². The highest BCUT2D eigenvalue weighted by atomic mass is 35.5. The molecule has 2 aromatic carbocycles. The molecule has 0 aliphatic heterocycles. The fourth-order valence-corrected chi connectivity index (χ4v) is 1.94. The third kappa shape index (κ3) is 3.72. The average molecular weight is 295 g/mol. The van der Waals surface area contributed by atoms with Crippen molar-refractivity contribution in [1.82, 2.24) is 5.23 Å². The van der Waals surface area contributed by atoms with Crippen molar-refractivity contribution in [3.8, 4) is 0 Å². The highest BCUT2D eigenvalue weighted by Gasteiger charge is 2.05. The highest BCUT2D eigenvalue weighted by Crippen LogP contribution is 2.26. The summed E-state index contributed by atoms with van der Waals surface area (Å²) in [7, 11) is 0. The molecular formula is C14H10Cl2NO2-. The summed E-state index contributed by atoms with van der Waals surface area (Å²) in [6.45, 7) is 0. The lowest BCUT2D eigenvalue weighted by atomic mass is 9.99. The van der Waals surface area contributed by atoms with Crippen molar-refractivity contribution in [2.75, 3.05) is 0 Å². The summed E-state index contributed by atoms with van der Waals surface area (Å²) in [4.78, 5) is 0. The van der Waals surface area contributed by atoms with Crippen molar-refractivity contribution in [3.05, 3.63) is 81.1 Å². The summed E-state index contributed by atoms with van der Waals surface area (Å²) >= 11 is 11.7. The van der Waals surface area contributed by atoms with Crippen LogP contribution in [0, 0.1) is 5.21 Å². The summed E-state index contributed by atoms with van der Waals surface area (Å²) in [5.41, 5.74) is 2.11. The molecule has 0 saturated heterocycles. The van der Waals surface area contributed by atoms with Crippen LogP contribution in [-0.2, 0) is 0 Å². The third-order valence-electron chi connectivity index (χ3n) is 2.55. The van der Waals surface area contributed by atoms with E-state index in [-0.39, 0.29) is 5.23 Å². The maximum atomic E-state index is 10.9. The van der Waals surface area contributed by atoms with E-state index in [4.69, 9.17) is 28.4 Å². The van der Waals surface area contributed by atoms with Crippen LogP contribution in [0.3, 0.4) is 0 Å². The minimum Gasteiger partial charge on any atom is -0.734 e. The molecule has 0 saturated carbocycles. The van der Waals surface area contributed by atoms with Gasteiger partial charge in [0.25, 0.3) is 0 Å². The van der Waals surface area contributed by atoms with Crippen LogP contribution in [0.5, 0.6) is 0 Å². The zero-order chi connectivity index (χ0) is 13.8. The molecule has 0 bridgehead atoms. The SMILES string of the molecule is [O-]N(O)C=C(c1ccc(Cl)cc1)c1ccc(Cl)cc1. The Morgan fingerprint density at radius 3 is 1.58 bits per heavy atom. The first-order valence-electron chi connectivity index (χ1n) is 5.45. The van der Waals surface area contributed by atoms with Crippen LogP contribution in [0.15, 0.2) is 54.7 Å². The molecular weight excluding hydrogens is 285 g/mol. The smallest absolute Gasteiger partial charge is 0.0406 e. The lowest BCUT2D eigenvalue weighted by Crippen LogP contribution is -2.02. The zero-order valence-electron chi connectivity index (χ0n) is 9.75. The van der Waals surface area contributed by atoms with Crippen LogP contribution in [-0.4, -0.2) is 10.4 Å². The molecule has 19 heavy (non-hydrogen) atoms. The minimum atomic E-state index is -0.224. The molecule has 5 heteroatoms. The van der Waals surface area contributed by atoms with Gasteiger partial charge in [0.1, 0.15) is 0 Å². The Morgan fingerprint density at radius 2 is 1.26 bits per heavy atom. The van der Waals surface area contributed by atoms with Gasteiger partial charge in [-0.3, -0.25) is 5.21 Å². The second-order valence-electron chi connectivity index (χ2n) is 3.86. The summed E-state index contributed by atoms with van der Waals surface area (Å²) in [5.74, 6) is 0. The molecule has 2 rings (SSSR count). The first-order chi connectivity index (χ1) is 9.06. The Morgan fingerprint density at radius 1 is 0.895 bits per heavy atom. The minimum absolute atomic E-state index is 0.224. The summed E-state index contributed by atoms with van der Waals surface area (Å²) in [6, 6.07) is 13.9. The average Bonchev–Trinajstić information content (AvgIpc) is 2.38. The van der Waals surface area contributed by atoms with Gasteiger partial charge in [0.2, 0.25) is 0 Å². The molecule has 0 unspecified atom stereocenters. The van der Waals surface area contributed by atoms with E-state index in [1.165, 1.54) is 0 Å². The molecule has 1 N–H and O–H groups in total. The van der Waals surface area contributed by atoms with E-state index in [1.54, 1.807) is 48.5 Å². The van der Waals surface area contributed by atoms with Crippen molar-refractivity contribution in [1.29, 1.82) is 0 Å². The Bertz CT molecular complexity index is 530. The quantitative estimate of drug-likeness (QED) is 0.843. The maximum absolute atomic E-state index is 10.9. The number of hydrogen-bond acceptors (Lipinski definition) is 3. The van der Waals surface area contributed by atoms with Crippen LogP contribution >= 0.6 is 23.2 Å². The largest absolute Gasteiger partial charge is 0.734 e. The predicted molar refractivity (Wildman–Crippen MR) is 77.0 cm³/mol. The number of halogens is 2. The van der Waals surface area contributed by atoms with Crippen molar-refractivity contribution < 1.29 is 5.21 Å². The molecule has 0 atom stereocenters. The van der Waals surface area contributed by atoms with E-state index in [1.807, 2.05) is 0 Å². The van der Waals surface area contributed by atoms with Crippen molar-refractivity contribution >= 4 is 28.8 Å². The monoisotopic (exact) mass is 294 g/mol. The van der Waals surface area contributed by atoms with Crippen molar-refractivity contribution in [2.24, 2.45) is 0 Å². The molecule has 3 nitrogen and oxygen atoms in total. The number of benzene rings is 2. The normalized spacial score (nSPS) is 10.1. The fourth-order valence-electron chi connectivity index (χ4n) is 1.69. The van der Waals surface area contributed by atoms with Crippen LogP contribution < -0.4 is 0 Å². The lowest BCUT2D eigenvalue weighted by molar-refractivity contribution is 0.0125. The Hall–Kier alpha value is -1.52. The maximum Gasteiger partial charge on any atom is 0.0406 e. The van der Waals surface area contributed by atoms with Gasteiger partial charge >= 0.3 is 0 Å². The second kappa shape index (κ2) is 6.08. The van der Waals surface area contributed by atoms with Crippen LogP contribution in [0.1, 0.15) is 11.1 Å². The van der Waals surface area contributed by atoms with E-state index in [0.29, 0.717) is 15.6 Å². The molecule has 0 aliphatic rings. The molecule has 2 aromatic rings. The van der Waals surface area contributed by atoms with E-state index in [0.717, 1.165) is 17.3 Å². The molecule has 0 aliphatic carbocycles. The standard InChI is InChI=1S/C14H10Cl2NO2/c15-12-5-1-10(2-6-12)14(9-17(18)19)11-3-7-13(16)8-4-11/h1-9,18H/q-1. The number of rotatable bonds is 3. The third-order valence-corrected chi connectivity index (χ3v) is 3.05. The molecule has 0 heterocycles. The van der Waals surface area contributed by atoms with Gasteiger partial charge < -0.3 is 10.4 Å². The van der Waals surface area contributed by atoms with Gasteiger partial charge in [0.05, 0.1) is 0 Å². The van der Waals surface area contributed by atoms with Crippen LogP contribution in [0.4, 0.5) is 0 Å². The number of hydrogen-bond donors (Lipinski definition) is 1. The molecule has 0 radical (unpaired) electrons. The second-order valence-corrected chi connectivity index (χ2v) is 4.73. The van der Waals surface area contributed by atoms with Gasteiger partial charge in [-0.05, 0) is 35.4 Å². The molecule has 0 spiro atoms. The van der Waals surface area contributed by atoms with Crippen LogP contribution in [0.2, 0.25) is 10.0 Å². The lowest BCUT2D eigenvalue weighted by Gasteiger charge is -2.19. The summed E-state index contributed by atoms with van der Waals surface area (Å²) in [5, 5.41) is 20.8. The predicted octanol–water partition coefficient (Wildman–Crippen LogP) is 4.57. The van der Waals surface area contributed by atoms with Gasteiger partial charge in [0, 0.05) is 21.8 Å². The van der Waals surface area contributed by atoms with E-state index in [2.05, 4.69) is 0 Å².